The molecule has 6 atom stereocenters. The van der Waals surface area contributed by atoms with Crippen molar-refractivity contribution in [2.45, 2.75) is 91.9 Å². The molecule has 6 unspecified atom stereocenters. The molecule has 0 aromatic carbocycles. The van der Waals surface area contributed by atoms with Gasteiger partial charge in [-0.3, -0.25) is 0 Å². The summed E-state index contributed by atoms with van der Waals surface area (Å²) < 4.78 is 0. The highest BCUT2D eigenvalue weighted by Crippen LogP contribution is 2.51. The van der Waals surface area contributed by atoms with Gasteiger partial charge in [0.05, 0.1) is 0 Å². The summed E-state index contributed by atoms with van der Waals surface area (Å²) in [4.78, 5) is 0. The van der Waals surface area contributed by atoms with Crippen LogP contribution in [0.4, 0.5) is 0 Å². The maximum atomic E-state index is 2.57. The van der Waals surface area contributed by atoms with Crippen LogP contribution in [0.25, 0.3) is 0 Å². The predicted octanol–water partition coefficient (Wildman–Crippen LogP) is 6.69. The van der Waals surface area contributed by atoms with Crippen molar-refractivity contribution in [3.8, 4) is 0 Å². The largest absolute Gasteiger partial charge is 0.0654 e. The maximum absolute atomic E-state index is 2.57. The van der Waals surface area contributed by atoms with Crippen LogP contribution in [-0.4, -0.2) is 0 Å². The highest BCUT2D eigenvalue weighted by molar-refractivity contribution is 4.92. The van der Waals surface area contributed by atoms with Gasteiger partial charge in [0.2, 0.25) is 0 Å². The molecule has 0 nitrogen and oxygen atoms in total. The predicted molar refractivity (Wildman–Crippen MR) is 89.8 cm³/mol. The molecule has 0 amide bonds. The lowest BCUT2D eigenvalue weighted by molar-refractivity contribution is 0.00549. The molecular formula is C20H38. The zero-order chi connectivity index (χ0) is 14.5. The van der Waals surface area contributed by atoms with E-state index in [9.17, 15) is 0 Å². The third-order valence-corrected chi connectivity index (χ3v) is 6.69. The molecule has 20 heavy (non-hydrogen) atoms. The summed E-state index contributed by atoms with van der Waals surface area (Å²) >= 11 is 0. The van der Waals surface area contributed by atoms with Gasteiger partial charge in [-0.15, -0.1) is 0 Å². The first-order chi connectivity index (χ1) is 9.67. The number of hydrogen-bond donors (Lipinski definition) is 0. The maximum Gasteiger partial charge on any atom is -0.0329 e. The molecule has 0 aromatic rings. The van der Waals surface area contributed by atoms with Gasteiger partial charge in [-0.25, -0.2) is 0 Å². The van der Waals surface area contributed by atoms with Crippen molar-refractivity contribution in [2.24, 2.45) is 35.5 Å². The Balaban J connectivity index is 2.01. The zero-order valence-electron chi connectivity index (χ0n) is 14.5. The van der Waals surface area contributed by atoms with E-state index in [-0.39, 0.29) is 0 Å². The molecule has 0 bridgehead atoms. The standard InChI is InChI=1S/C20H38/c1-5-7-8-9-17(6-2)20-16(4)11-12-18-14-15(3)10-13-19(18)20/h15-20H,5-14H2,1-4H3. The van der Waals surface area contributed by atoms with E-state index in [1.165, 1.54) is 51.4 Å². The number of unbranched alkanes of at least 4 members (excludes halogenated alkanes) is 2. The summed E-state index contributed by atoms with van der Waals surface area (Å²) in [5, 5.41) is 0. The Bertz CT molecular complexity index is 269. The van der Waals surface area contributed by atoms with E-state index < -0.39 is 0 Å². The summed E-state index contributed by atoms with van der Waals surface area (Å²) in [5.41, 5.74) is 0. The molecule has 0 aliphatic heterocycles. The third-order valence-electron chi connectivity index (χ3n) is 6.69. The molecule has 2 fully saturated rings. The Morgan fingerprint density at radius 2 is 1.75 bits per heavy atom. The molecule has 0 saturated heterocycles. The van der Waals surface area contributed by atoms with E-state index in [1.807, 2.05) is 0 Å². The van der Waals surface area contributed by atoms with Gasteiger partial charge < -0.3 is 0 Å². The van der Waals surface area contributed by atoms with Gasteiger partial charge in [0, 0.05) is 0 Å². The number of rotatable bonds is 6. The Labute approximate surface area is 128 Å². The van der Waals surface area contributed by atoms with Crippen LogP contribution in [0.1, 0.15) is 91.9 Å². The lowest BCUT2D eigenvalue weighted by atomic mass is 9.56. The Morgan fingerprint density at radius 3 is 2.45 bits per heavy atom. The van der Waals surface area contributed by atoms with Gasteiger partial charge in [-0.05, 0) is 54.8 Å². The molecule has 0 aromatic heterocycles. The minimum Gasteiger partial charge on any atom is -0.0654 e. The molecule has 2 aliphatic carbocycles. The second-order valence-electron chi connectivity index (χ2n) is 8.14. The van der Waals surface area contributed by atoms with Crippen LogP contribution in [0.3, 0.4) is 0 Å². The first kappa shape index (κ1) is 16.4. The molecule has 0 N–H and O–H groups in total. The van der Waals surface area contributed by atoms with Crippen LogP contribution >= 0.6 is 0 Å². The van der Waals surface area contributed by atoms with Crippen molar-refractivity contribution in [2.75, 3.05) is 0 Å². The van der Waals surface area contributed by atoms with Crippen LogP contribution < -0.4 is 0 Å². The van der Waals surface area contributed by atoms with Gasteiger partial charge >= 0.3 is 0 Å². The van der Waals surface area contributed by atoms with Gasteiger partial charge in [-0.1, -0.05) is 72.6 Å². The van der Waals surface area contributed by atoms with Crippen LogP contribution in [0.15, 0.2) is 0 Å². The lowest BCUT2D eigenvalue weighted by Crippen LogP contribution is -2.41. The fourth-order valence-corrected chi connectivity index (χ4v) is 5.59. The van der Waals surface area contributed by atoms with E-state index in [2.05, 4.69) is 27.7 Å². The van der Waals surface area contributed by atoms with Crippen LogP contribution in [0, 0.1) is 35.5 Å². The quantitative estimate of drug-likeness (QED) is 0.475. The molecule has 0 heterocycles. The second kappa shape index (κ2) is 7.85. The fraction of sp³-hybridized carbons (Fsp3) is 1.00. The summed E-state index contributed by atoms with van der Waals surface area (Å²) in [7, 11) is 0. The first-order valence-corrected chi connectivity index (χ1v) is 9.67. The van der Waals surface area contributed by atoms with Gasteiger partial charge in [0.25, 0.3) is 0 Å². The molecule has 118 valence electrons. The van der Waals surface area contributed by atoms with Crippen molar-refractivity contribution in [1.82, 2.24) is 0 Å². The average molecular weight is 279 g/mol. The van der Waals surface area contributed by atoms with Crippen molar-refractivity contribution in [3.63, 3.8) is 0 Å². The van der Waals surface area contributed by atoms with E-state index in [1.54, 1.807) is 12.8 Å². The van der Waals surface area contributed by atoms with E-state index in [4.69, 9.17) is 0 Å². The van der Waals surface area contributed by atoms with Crippen molar-refractivity contribution >= 4 is 0 Å². The van der Waals surface area contributed by atoms with Crippen LogP contribution in [-0.2, 0) is 0 Å². The lowest BCUT2D eigenvalue weighted by Gasteiger charge is -2.49. The normalized spacial score (nSPS) is 39.3. The minimum atomic E-state index is 0.997. The smallest absolute Gasteiger partial charge is 0.0329 e. The number of hydrogen-bond acceptors (Lipinski definition) is 0. The molecule has 0 spiro atoms. The topological polar surface area (TPSA) is 0 Å². The summed E-state index contributed by atoms with van der Waals surface area (Å²) in [5.74, 6) is 6.25. The summed E-state index contributed by atoms with van der Waals surface area (Å²) in [6, 6.07) is 0. The van der Waals surface area contributed by atoms with E-state index in [0.29, 0.717) is 0 Å². The molecular weight excluding hydrogens is 240 g/mol. The Kier molecular flexibility index (Phi) is 6.43. The fourth-order valence-electron chi connectivity index (χ4n) is 5.59. The molecule has 0 radical (unpaired) electrons. The Hall–Kier alpha value is 0. The summed E-state index contributed by atoms with van der Waals surface area (Å²) in [6.45, 7) is 9.85. The molecule has 2 rings (SSSR count). The summed E-state index contributed by atoms with van der Waals surface area (Å²) in [6.07, 6.45) is 14.9. The highest BCUT2D eigenvalue weighted by atomic mass is 14.5. The van der Waals surface area contributed by atoms with E-state index >= 15 is 0 Å². The first-order valence-electron chi connectivity index (χ1n) is 9.67. The van der Waals surface area contributed by atoms with Crippen molar-refractivity contribution < 1.29 is 0 Å². The van der Waals surface area contributed by atoms with Gasteiger partial charge in [0.15, 0.2) is 0 Å². The highest BCUT2D eigenvalue weighted by Gasteiger charge is 2.42. The minimum absolute atomic E-state index is 0.997. The van der Waals surface area contributed by atoms with Crippen molar-refractivity contribution in [1.29, 1.82) is 0 Å². The molecule has 2 saturated carbocycles. The van der Waals surface area contributed by atoms with Crippen LogP contribution in [0.5, 0.6) is 0 Å². The SMILES string of the molecule is CCCCCC(CC)C1C(C)CCC2CC(C)CCC21. The van der Waals surface area contributed by atoms with E-state index in [0.717, 1.165) is 35.5 Å². The second-order valence-corrected chi connectivity index (χ2v) is 8.14. The Morgan fingerprint density at radius 1 is 0.950 bits per heavy atom. The molecule has 0 heteroatoms. The van der Waals surface area contributed by atoms with Crippen molar-refractivity contribution in [3.05, 3.63) is 0 Å². The monoisotopic (exact) mass is 278 g/mol. The van der Waals surface area contributed by atoms with Gasteiger partial charge in [-0.2, -0.15) is 0 Å². The van der Waals surface area contributed by atoms with Crippen LogP contribution in [0.2, 0.25) is 0 Å². The zero-order valence-corrected chi connectivity index (χ0v) is 14.5. The average Bonchev–Trinajstić information content (AvgIpc) is 2.45. The number of fused-ring (bicyclic) bond motifs is 1. The molecule has 2 aliphatic rings. The van der Waals surface area contributed by atoms with Gasteiger partial charge in [0.1, 0.15) is 0 Å². The third kappa shape index (κ3) is 3.80.